The van der Waals surface area contributed by atoms with Crippen LogP contribution in [0.2, 0.25) is 10.0 Å². The van der Waals surface area contributed by atoms with Crippen LogP contribution < -0.4 is 42.2 Å². The van der Waals surface area contributed by atoms with Gasteiger partial charge in [-0.1, -0.05) is 77.6 Å². The zero-order valence-electron chi connectivity index (χ0n) is 48.5. The Kier molecular flexibility index (Phi) is 18.0. The van der Waals surface area contributed by atoms with Crippen LogP contribution in [0.4, 0.5) is 43.4 Å². The van der Waals surface area contributed by atoms with E-state index in [0.29, 0.717) is 88.6 Å². The first-order valence-electron chi connectivity index (χ1n) is 28.2. The van der Waals surface area contributed by atoms with E-state index < -0.39 is 9.52 Å². The summed E-state index contributed by atoms with van der Waals surface area (Å²) >= 11 is 13.2. The molecule has 0 radical (unpaired) electrons. The first-order chi connectivity index (χ1) is 41.9. The van der Waals surface area contributed by atoms with Gasteiger partial charge in [0.05, 0.1) is 24.5 Å². The number of aromatic nitrogens is 6. The number of aryl methyl sites for hydroxylation is 2. The van der Waals surface area contributed by atoms with E-state index in [9.17, 15) is 13.8 Å². The molecular weight excluding hydrogens is 1180 g/mol. The molecule has 2 aliphatic heterocycles. The second-order valence-electron chi connectivity index (χ2n) is 21.7. The predicted octanol–water partition coefficient (Wildman–Crippen LogP) is 11.9. The van der Waals surface area contributed by atoms with E-state index in [4.69, 9.17) is 33.2 Å². The van der Waals surface area contributed by atoms with Gasteiger partial charge >= 0.3 is 0 Å². The van der Waals surface area contributed by atoms with E-state index >= 15 is 8.78 Å². The second-order valence-corrected chi connectivity index (χ2v) is 26.7. The molecule has 21 heteroatoms. The lowest BCUT2D eigenvalue weighted by atomic mass is 10.0. The minimum atomic E-state index is -2.55. The van der Waals surface area contributed by atoms with Crippen LogP contribution in [0.25, 0.3) is 44.3 Å². The molecule has 4 N–H and O–H groups in total. The van der Waals surface area contributed by atoms with E-state index in [-0.39, 0.29) is 51.7 Å². The average Bonchev–Trinajstić information content (AvgIpc) is 1.31. The number of hydrogen-bond acceptors (Lipinski definition) is 13. The Morgan fingerprint density at radius 3 is 1.46 bits per heavy atom. The van der Waals surface area contributed by atoms with E-state index in [0.717, 1.165) is 79.5 Å². The number of pyridine rings is 2. The maximum atomic E-state index is 15.1. The largest absolute Gasteiger partial charge is 0.367 e. The fraction of sp³-hybridized carbons (Fsp3) is 0.212. The number of piperazine rings is 2. The molecule has 2 fully saturated rings. The molecule has 2 unspecified atom stereocenters. The first-order valence-corrected chi connectivity index (χ1v) is 32.9. The summed E-state index contributed by atoms with van der Waals surface area (Å²) in [6.45, 7) is 10.8. The number of nitrogens with zero attached hydrogens (tertiary/aromatic N) is 8. The van der Waals surface area contributed by atoms with Crippen molar-refractivity contribution >= 4 is 112 Å². The molecule has 6 heterocycles. The van der Waals surface area contributed by atoms with Crippen molar-refractivity contribution in [3.8, 4) is 22.3 Å². The molecule has 87 heavy (non-hydrogen) atoms. The Balaban J connectivity index is 0.000000180. The average molecular weight is 1250 g/mol. The molecule has 2 aliphatic rings. The summed E-state index contributed by atoms with van der Waals surface area (Å²) in [5.74, 6) is 7.77. The van der Waals surface area contributed by atoms with Crippen LogP contribution in [-0.4, -0.2) is 110 Å². The zero-order valence-corrected chi connectivity index (χ0v) is 51.6. The van der Waals surface area contributed by atoms with Crippen LogP contribution in [0.1, 0.15) is 22.3 Å². The molecule has 4 aromatic heterocycles. The fourth-order valence-corrected chi connectivity index (χ4v) is 12.5. The summed E-state index contributed by atoms with van der Waals surface area (Å²) in [5, 5.41) is 14.9. The van der Waals surface area contributed by atoms with Crippen molar-refractivity contribution in [3.63, 3.8) is 0 Å². The van der Waals surface area contributed by atoms with E-state index in [1.807, 2.05) is 103 Å². The van der Waals surface area contributed by atoms with Crippen molar-refractivity contribution in [1.82, 2.24) is 39.7 Å². The van der Waals surface area contributed by atoms with Gasteiger partial charge in [0.2, 0.25) is 11.9 Å². The molecular formula is C66H64Cl2F2N12O3S2. The number of fused-ring (bicyclic) bond motifs is 2. The van der Waals surface area contributed by atoms with Gasteiger partial charge in [-0.05, 0) is 143 Å². The Morgan fingerprint density at radius 2 is 1.03 bits per heavy atom. The molecule has 2 saturated heterocycles. The highest BCUT2D eigenvalue weighted by atomic mass is 35.5. The van der Waals surface area contributed by atoms with Crippen LogP contribution >= 0.6 is 33.7 Å². The third-order valence-electron chi connectivity index (χ3n) is 15.5. The molecule has 15 nitrogen and oxygen atoms in total. The Bertz CT molecular complexity index is 4550. The Labute approximate surface area is 516 Å². The number of benzene rings is 6. The van der Waals surface area contributed by atoms with Gasteiger partial charge in [0, 0.05) is 135 Å². The first kappa shape index (κ1) is 60.4. The molecule has 0 bridgehead atoms. The lowest BCUT2D eigenvalue weighted by Crippen LogP contribution is -2.43. The Morgan fingerprint density at radius 1 is 0.598 bits per heavy atom. The van der Waals surface area contributed by atoms with Gasteiger partial charge in [0.1, 0.15) is 22.9 Å². The van der Waals surface area contributed by atoms with Crippen LogP contribution in [0.15, 0.2) is 165 Å². The normalized spacial score (nSPS) is 14.5. The third-order valence-corrected chi connectivity index (χ3v) is 18.5. The molecule has 10 aromatic rings. The topological polar surface area (TPSA) is 167 Å². The highest BCUT2D eigenvalue weighted by Crippen LogP contribution is 2.35. The van der Waals surface area contributed by atoms with Crippen LogP contribution in [0.5, 0.6) is 0 Å². The van der Waals surface area contributed by atoms with Crippen molar-refractivity contribution in [2.45, 2.75) is 36.7 Å². The lowest BCUT2D eigenvalue weighted by molar-refractivity contribution is 0.566. The number of anilines is 6. The summed E-state index contributed by atoms with van der Waals surface area (Å²) in [4.78, 5) is 52.4. The van der Waals surface area contributed by atoms with E-state index in [1.54, 1.807) is 76.3 Å². The van der Waals surface area contributed by atoms with Gasteiger partial charge in [-0.2, -0.15) is 20.5 Å². The van der Waals surface area contributed by atoms with Crippen molar-refractivity contribution in [2.75, 3.05) is 85.3 Å². The standard InChI is InChI=1S/C33H32ClFN6O2S.C33H32ClFN6OS/c1-21-6-4-5-7-22(21)20-41-31-23(16-27(32(41)42)26-18-25(44(2,3)43)9-10-28(26)34)19-37-33(39-31)38-24-8-11-30(29(35)17-24)40-14-12-36-13-15-40;1-21-6-4-5-7-22(21)20-41-31-23(16-27(32(41)42)26-18-25(43(2)3)9-10-28(26)34)19-37-33(39-31)38-24-8-11-30(29(35)17-24)40-14-12-36-13-15-40/h4-11,16-19,36H,2,12-15,20H2,1,3H3,(H,37,38,39);4-11,16-19,36H,2,12-15,20H2,1,3H3,(H,37,38,39). The van der Waals surface area contributed by atoms with Crippen molar-refractivity contribution < 1.29 is 13.0 Å². The van der Waals surface area contributed by atoms with Gasteiger partial charge < -0.3 is 31.1 Å². The van der Waals surface area contributed by atoms with Crippen LogP contribution in [-0.2, 0) is 22.6 Å². The number of nitrogens with one attached hydrogen (secondary N) is 4. The molecule has 0 spiro atoms. The predicted molar refractivity (Wildman–Crippen MR) is 357 cm³/mol. The van der Waals surface area contributed by atoms with Gasteiger partial charge in [-0.3, -0.25) is 22.9 Å². The molecule has 6 aromatic carbocycles. The van der Waals surface area contributed by atoms with Crippen molar-refractivity contribution in [2.24, 2.45) is 0 Å². The number of rotatable bonds is 14. The smallest absolute Gasteiger partial charge is 0.260 e. The highest BCUT2D eigenvalue weighted by Gasteiger charge is 2.22. The molecule has 12 rings (SSSR count). The lowest BCUT2D eigenvalue weighted by Gasteiger charge is -2.29. The van der Waals surface area contributed by atoms with E-state index in [2.05, 4.69) is 43.0 Å². The Hall–Kier alpha value is -8.30. The van der Waals surface area contributed by atoms with Crippen molar-refractivity contribution in [1.29, 1.82) is 0 Å². The van der Waals surface area contributed by atoms with Crippen molar-refractivity contribution in [3.05, 3.63) is 210 Å². The van der Waals surface area contributed by atoms with Gasteiger partial charge in [0.25, 0.3) is 11.1 Å². The van der Waals surface area contributed by atoms with Crippen LogP contribution in [0.3, 0.4) is 0 Å². The minimum absolute atomic E-state index is 0.217. The number of halogens is 4. The third kappa shape index (κ3) is 13.5. The summed E-state index contributed by atoms with van der Waals surface area (Å²) in [6, 6.07) is 39.9. The zero-order chi connectivity index (χ0) is 61.1. The fourth-order valence-electron chi connectivity index (χ4n) is 10.7. The molecule has 0 saturated carbocycles. The van der Waals surface area contributed by atoms with Gasteiger partial charge in [-0.25, -0.2) is 18.7 Å². The maximum Gasteiger partial charge on any atom is 0.260 e. The minimum Gasteiger partial charge on any atom is -0.367 e. The second kappa shape index (κ2) is 26.0. The van der Waals surface area contributed by atoms with E-state index in [1.165, 1.54) is 12.1 Å². The summed E-state index contributed by atoms with van der Waals surface area (Å²) < 4.78 is 46.2. The SMILES string of the molecule is C=S(C)(=O)c1ccc(Cl)c(-c2cc3cnc(Nc4ccc(N5CCNCC5)c(F)c4)nc3n(Cc3ccccc3C)c2=O)c1.C=S(C)c1ccc(Cl)c(-c2cc3cnc(Nc4ccc(N5CCNCC5)c(F)c4)nc3n(Cc3ccccc3C)c2=O)c1. The van der Waals surface area contributed by atoms with Gasteiger partial charge in [0.15, 0.2) is 0 Å². The summed E-state index contributed by atoms with van der Waals surface area (Å²) in [6.07, 6.45) is 6.87. The molecule has 0 amide bonds. The maximum absolute atomic E-state index is 15.1. The summed E-state index contributed by atoms with van der Waals surface area (Å²) in [5.41, 5.74) is 8.39. The van der Waals surface area contributed by atoms with Gasteiger partial charge in [-0.15, -0.1) is 0 Å². The molecule has 2 atom stereocenters. The molecule has 446 valence electrons. The molecule has 0 aliphatic carbocycles. The summed E-state index contributed by atoms with van der Waals surface area (Å²) in [7, 11) is -2.81. The number of hydrogen-bond donors (Lipinski definition) is 4. The quantitative estimate of drug-likeness (QED) is 0.0760. The monoisotopic (exact) mass is 1240 g/mol. The highest BCUT2D eigenvalue weighted by molar-refractivity contribution is 8.13. The van der Waals surface area contributed by atoms with Crippen LogP contribution in [0, 0.1) is 25.5 Å².